The largest absolute Gasteiger partial charge is 0.381 e. The van der Waals surface area contributed by atoms with Crippen LogP contribution in [0.3, 0.4) is 0 Å². The molecule has 0 fully saturated rings. The first kappa shape index (κ1) is 12.5. The summed E-state index contributed by atoms with van der Waals surface area (Å²) in [5.41, 5.74) is 2.79. The van der Waals surface area contributed by atoms with E-state index in [-0.39, 0.29) is 5.69 Å². The molecule has 1 aromatic carbocycles. The summed E-state index contributed by atoms with van der Waals surface area (Å²) < 4.78 is 38.7. The van der Waals surface area contributed by atoms with Gasteiger partial charge in [-0.25, -0.2) is 13.2 Å². The second-order valence-electron chi connectivity index (χ2n) is 4.02. The van der Waals surface area contributed by atoms with E-state index in [9.17, 15) is 13.2 Å². The third-order valence-electron chi connectivity index (χ3n) is 2.73. The number of anilines is 1. The van der Waals surface area contributed by atoms with Crippen molar-refractivity contribution in [1.29, 1.82) is 0 Å². The highest BCUT2D eigenvalue weighted by Crippen LogP contribution is 2.19. The molecule has 1 aromatic heterocycles. The van der Waals surface area contributed by atoms with Crippen LogP contribution in [0.25, 0.3) is 0 Å². The average Bonchev–Trinajstić information content (AvgIpc) is 2.63. The van der Waals surface area contributed by atoms with E-state index in [0.717, 1.165) is 29.1 Å². The average molecular weight is 255 g/mol. The van der Waals surface area contributed by atoms with Gasteiger partial charge < -0.3 is 5.32 Å². The third kappa shape index (κ3) is 2.32. The lowest BCUT2D eigenvalue weighted by atomic mass is 10.2. The normalized spacial score (nSPS) is 10.7. The van der Waals surface area contributed by atoms with Crippen LogP contribution in [0.5, 0.6) is 0 Å². The molecule has 3 nitrogen and oxygen atoms in total. The van der Waals surface area contributed by atoms with Gasteiger partial charge in [-0.05, 0) is 13.8 Å². The van der Waals surface area contributed by atoms with Crippen LogP contribution in [0, 0.1) is 31.3 Å². The second kappa shape index (κ2) is 4.72. The second-order valence-corrected chi connectivity index (χ2v) is 4.02. The van der Waals surface area contributed by atoms with Crippen LogP contribution in [0.1, 0.15) is 17.0 Å². The van der Waals surface area contributed by atoms with E-state index in [0.29, 0.717) is 6.54 Å². The number of nitrogens with one attached hydrogen (secondary N) is 2. The van der Waals surface area contributed by atoms with Crippen molar-refractivity contribution in [3.63, 3.8) is 0 Å². The van der Waals surface area contributed by atoms with Crippen molar-refractivity contribution in [2.24, 2.45) is 0 Å². The summed E-state index contributed by atoms with van der Waals surface area (Å²) in [4.78, 5) is 0. The zero-order valence-electron chi connectivity index (χ0n) is 9.94. The monoisotopic (exact) mass is 255 g/mol. The Hall–Kier alpha value is -1.98. The summed E-state index contributed by atoms with van der Waals surface area (Å²) in [6.07, 6.45) is 0. The number of nitrogens with zero attached hydrogens (tertiary/aromatic N) is 1. The molecule has 18 heavy (non-hydrogen) atoms. The zero-order chi connectivity index (χ0) is 13.3. The molecule has 0 aliphatic rings. The highest BCUT2D eigenvalue weighted by Gasteiger charge is 2.11. The summed E-state index contributed by atoms with van der Waals surface area (Å²) in [6, 6.07) is 1.84. The van der Waals surface area contributed by atoms with Gasteiger partial charge in [0.2, 0.25) is 0 Å². The Labute approximate surface area is 102 Å². The molecule has 0 spiro atoms. The number of aryl methyl sites for hydroxylation is 2. The van der Waals surface area contributed by atoms with E-state index in [1.165, 1.54) is 0 Å². The molecule has 1 heterocycles. The van der Waals surface area contributed by atoms with Gasteiger partial charge in [-0.3, -0.25) is 5.10 Å². The predicted octanol–water partition coefficient (Wildman–Crippen LogP) is 3.06. The fraction of sp³-hybridized carbons (Fsp3) is 0.250. The van der Waals surface area contributed by atoms with Gasteiger partial charge in [0.05, 0.1) is 5.69 Å². The van der Waals surface area contributed by atoms with Crippen molar-refractivity contribution in [2.45, 2.75) is 20.4 Å². The fourth-order valence-electron chi connectivity index (χ4n) is 1.68. The van der Waals surface area contributed by atoms with Crippen molar-refractivity contribution >= 4 is 5.69 Å². The molecule has 0 amide bonds. The Bertz CT molecular complexity index is 535. The lowest BCUT2D eigenvalue weighted by molar-refractivity contribution is 0.447. The van der Waals surface area contributed by atoms with Crippen LogP contribution in [0.2, 0.25) is 0 Å². The Balaban J connectivity index is 2.16. The molecule has 96 valence electrons. The molecule has 0 radical (unpaired) electrons. The van der Waals surface area contributed by atoms with Crippen molar-refractivity contribution in [3.8, 4) is 0 Å². The summed E-state index contributed by atoms with van der Waals surface area (Å²) in [5, 5.41) is 9.64. The maximum absolute atomic E-state index is 13.0. The minimum atomic E-state index is -1.46. The minimum absolute atomic E-state index is 0.186. The van der Waals surface area contributed by atoms with E-state index >= 15 is 0 Å². The smallest absolute Gasteiger partial charge is 0.194 e. The van der Waals surface area contributed by atoms with Crippen LogP contribution in [-0.2, 0) is 6.54 Å². The van der Waals surface area contributed by atoms with Crippen LogP contribution in [0.4, 0.5) is 18.9 Å². The van der Waals surface area contributed by atoms with Gasteiger partial charge in [0, 0.05) is 35.6 Å². The first-order valence-corrected chi connectivity index (χ1v) is 5.38. The number of aromatic nitrogens is 2. The molecule has 0 atom stereocenters. The Morgan fingerprint density at radius 2 is 1.78 bits per heavy atom. The number of halogens is 3. The summed E-state index contributed by atoms with van der Waals surface area (Å²) in [5.74, 6) is -3.88. The van der Waals surface area contributed by atoms with Crippen LogP contribution in [-0.4, -0.2) is 10.2 Å². The van der Waals surface area contributed by atoms with Crippen LogP contribution in [0.15, 0.2) is 12.1 Å². The number of H-pyrrole nitrogens is 1. The molecule has 0 aliphatic heterocycles. The summed E-state index contributed by atoms with van der Waals surface area (Å²) >= 11 is 0. The third-order valence-corrected chi connectivity index (χ3v) is 2.73. The van der Waals surface area contributed by atoms with E-state index in [1.807, 2.05) is 13.8 Å². The van der Waals surface area contributed by atoms with Crippen molar-refractivity contribution in [1.82, 2.24) is 10.2 Å². The SMILES string of the molecule is Cc1n[nH]c(C)c1CNc1cc(F)c(F)c(F)c1. The molecule has 0 saturated heterocycles. The van der Waals surface area contributed by atoms with Gasteiger partial charge >= 0.3 is 0 Å². The molecule has 2 aromatic rings. The highest BCUT2D eigenvalue weighted by molar-refractivity contribution is 5.45. The Kier molecular flexibility index (Phi) is 3.27. The van der Waals surface area contributed by atoms with Crippen molar-refractivity contribution < 1.29 is 13.2 Å². The van der Waals surface area contributed by atoms with Crippen molar-refractivity contribution in [3.05, 3.63) is 46.5 Å². The van der Waals surface area contributed by atoms with Gasteiger partial charge in [-0.1, -0.05) is 0 Å². The maximum Gasteiger partial charge on any atom is 0.194 e. The standard InChI is InChI=1S/C12H12F3N3/c1-6-9(7(2)18-17-6)5-16-8-3-10(13)12(15)11(14)4-8/h3-4,16H,5H2,1-2H3,(H,17,18). The highest BCUT2D eigenvalue weighted by atomic mass is 19.2. The number of benzene rings is 1. The van der Waals surface area contributed by atoms with E-state index in [4.69, 9.17) is 0 Å². The summed E-state index contributed by atoms with van der Waals surface area (Å²) in [7, 11) is 0. The van der Waals surface area contributed by atoms with E-state index in [1.54, 1.807) is 0 Å². The molecule has 0 aliphatic carbocycles. The first-order chi connectivity index (χ1) is 8.49. The maximum atomic E-state index is 13.0. The predicted molar refractivity (Wildman–Crippen MR) is 61.7 cm³/mol. The first-order valence-electron chi connectivity index (χ1n) is 5.38. The lowest BCUT2D eigenvalue weighted by Gasteiger charge is -2.07. The van der Waals surface area contributed by atoms with E-state index in [2.05, 4.69) is 15.5 Å². The molecule has 2 rings (SSSR count). The van der Waals surface area contributed by atoms with Crippen molar-refractivity contribution in [2.75, 3.05) is 5.32 Å². The molecule has 6 heteroatoms. The number of hydrogen-bond acceptors (Lipinski definition) is 2. The fourth-order valence-corrected chi connectivity index (χ4v) is 1.68. The van der Waals surface area contributed by atoms with Gasteiger partial charge in [-0.15, -0.1) is 0 Å². The molecule has 2 N–H and O–H groups in total. The van der Waals surface area contributed by atoms with Crippen LogP contribution < -0.4 is 5.32 Å². The van der Waals surface area contributed by atoms with Gasteiger partial charge in [-0.2, -0.15) is 5.10 Å². The summed E-state index contributed by atoms with van der Waals surface area (Å²) in [6.45, 7) is 4.04. The Morgan fingerprint density at radius 3 is 2.28 bits per heavy atom. The molecule has 0 saturated carbocycles. The Morgan fingerprint density at radius 1 is 1.17 bits per heavy atom. The minimum Gasteiger partial charge on any atom is -0.381 e. The zero-order valence-corrected chi connectivity index (χ0v) is 9.94. The number of rotatable bonds is 3. The molecular weight excluding hydrogens is 243 g/mol. The van der Waals surface area contributed by atoms with Crippen LogP contribution >= 0.6 is 0 Å². The quantitative estimate of drug-likeness (QED) is 0.827. The van der Waals surface area contributed by atoms with Gasteiger partial charge in [0.25, 0.3) is 0 Å². The molecule has 0 bridgehead atoms. The van der Waals surface area contributed by atoms with E-state index < -0.39 is 17.5 Å². The lowest BCUT2D eigenvalue weighted by Crippen LogP contribution is -2.03. The number of aromatic amines is 1. The molecule has 0 unspecified atom stereocenters. The van der Waals surface area contributed by atoms with Gasteiger partial charge in [0.1, 0.15) is 0 Å². The number of hydrogen-bond donors (Lipinski definition) is 2. The topological polar surface area (TPSA) is 40.7 Å². The molecular formula is C12H12F3N3. The van der Waals surface area contributed by atoms with Gasteiger partial charge in [0.15, 0.2) is 17.5 Å².